The maximum Gasteiger partial charge on any atom is 0.343 e. The number of carbonyl (C=O) groups is 2. The summed E-state index contributed by atoms with van der Waals surface area (Å²) in [5, 5.41) is 0. The molecule has 0 spiro atoms. The fourth-order valence-electron chi connectivity index (χ4n) is 1.80. The monoisotopic (exact) mass is 476 g/mol. The van der Waals surface area contributed by atoms with Crippen LogP contribution in [0.4, 0.5) is 0 Å². The molecule has 0 aliphatic rings. The zero-order valence-corrected chi connectivity index (χ0v) is 15.7. The molecule has 2 rings (SSSR count). The van der Waals surface area contributed by atoms with Gasteiger partial charge in [-0.2, -0.15) is 8.42 Å². The van der Waals surface area contributed by atoms with Crippen LogP contribution in [0, 0.1) is 3.57 Å². The van der Waals surface area contributed by atoms with Crippen LogP contribution < -0.4 is 4.74 Å². The maximum absolute atomic E-state index is 12.2. The summed E-state index contributed by atoms with van der Waals surface area (Å²) in [6, 6.07) is 12.7. The first-order valence-corrected chi connectivity index (χ1v) is 9.64. The average molecular weight is 476 g/mol. The van der Waals surface area contributed by atoms with Crippen LogP contribution in [0.2, 0.25) is 0 Å². The fraction of sp³-hybridized carbons (Fsp3) is 0.125. The van der Waals surface area contributed by atoms with E-state index in [-0.39, 0.29) is 11.3 Å². The van der Waals surface area contributed by atoms with Crippen LogP contribution in [0.15, 0.2) is 48.5 Å². The number of hydrogen-bond donors (Lipinski definition) is 1. The SMILES string of the molecule is O=C(Oc1cc(I)ccc1C(=O)OCCS(=O)(=O)O)c1ccccc1. The number of rotatable bonds is 6. The van der Waals surface area contributed by atoms with Crippen LogP contribution in [0.25, 0.3) is 0 Å². The van der Waals surface area contributed by atoms with Gasteiger partial charge in [0.05, 0.1) is 5.56 Å². The van der Waals surface area contributed by atoms with Crippen LogP contribution in [0.1, 0.15) is 20.7 Å². The van der Waals surface area contributed by atoms with Gasteiger partial charge in [-0.05, 0) is 52.9 Å². The first kappa shape index (κ1) is 19.3. The highest BCUT2D eigenvalue weighted by Crippen LogP contribution is 2.23. The molecule has 1 N–H and O–H groups in total. The van der Waals surface area contributed by atoms with E-state index in [0.29, 0.717) is 5.56 Å². The summed E-state index contributed by atoms with van der Waals surface area (Å²) >= 11 is 1.99. The van der Waals surface area contributed by atoms with E-state index in [4.69, 9.17) is 14.0 Å². The Bertz CT molecular complexity index is 879. The third-order valence-electron chi connectivity index (χ3n) is 2.95. The lowest BCUT2D eigenvalue weighted by Gasteiger charge is -2.10. The molecule has 2 aromatic rings. The van der Waals surface area contributed by atoms with E-state index in [1.54, 1.807) is 36.4 Å². The van der Waals surface area contributed by atoms with E-state index in [2.05, 4.69) is 0 Å². The molecule has 0 atom stereocenters. The Hall–Kier alpha value is -1.98. The summed E-state index contributed by atoms with van der Waals surface area (Å²) in [5.41, 5.74) is 0.284. The summed E-state index contributed by atoms with van der Waals surface area (Å²) in [6.07, 6.45) is 0. The van der Waals surface area contributed by atoms with Crippen molar-refractivity contribution in [2.45, 2.75) is 0 Å². The highest BCUT2D eigenvalue weighted by atomic mass is 127. The summed E-state index contributed by atoms with van der Waals surface area (Å²) in [6.45, 7) is -0.518. The minimum Gasteiger partial charge on any atom is -0.461 e. The van der Waals surface area contributed by atoms with Gasteiger partial charge in [-0.3, -0.25) is 4.55 Å². The lowest BCUT2D eigenvalue weighted by Crippen LogP contribution is -2.16. The highest BCUT2D eigenvalue weighted by Gasteiger charge is 2.19. The Labute approximate surface area is 157 Å². The van der Waals surface area contributed by atoms with Crippen LogP contribution in [0.3, 0.4) is 0 Å². The van der Waals surface area contributed by atoms with Crippen molar-refractivity contribution < 1.29 is 32.0 Å². The molecule has 0 amide bonds. The van der Waals surface area contributed by atoms with Crippen molar-refractivity contribution in [1.29, 1.82) is 0 Å². The van der Waals surface area contributed by atoms with Crippen molar-refractivity contribution in [2.24, 2.45) is 0 Å². The van der Waals surface area contributed by atoms with Gasteiger partial charge in [-0.15, -0.1) is 0 Å². The molecule has 0 aliphatic carbocycles. The van der Waals surface area contributed by atoms with Crippen molar-refractivity contribution in [3.63, 3.8) is 0 Å². The lowest BCUT2D eigenvalue weighted by molar-refractivity contribution is 0.0522. The molecule has 0 aliphatic heterocycles. The normalized spacial score (nSPS) is 11.0. The van der Waals surface area contributed by atoms with Crippen LogP contribution >= 0.6 is 22.6 Å². The molecular weight excluding hydrogens is 463 g/mol. The maximum atomic E-state index is 12.2. The number of carbonyl (C=O) groups excluding carboxylic acids is 2. The molecule has 25 heavy (non-hydrogen) atoms. The summed E-state index contributed by atoms with van der Waals surface area (Å²) < 4.78 is 40.8. The molecule has 0 heterocycles. The molecule has 0 bridgehead atoms. The van der Waals surface area contributed by atoms with Crippen molar-refractivity contribution >= 4 is 44.6 Å². The molecule has 0 fully saturated rings. The van der Waals surface area contributed by atoms with Gasteiger partial charge in [-0.25, -0.2) is 9.59 Å². The number of benzene rings is 2. The molecule has 7 nitrogen and oxygen atoms in total. The zero-order chi connectivity index (χ0) is 18.4. The predicted octanol–water partition coefficient (Wildman–Crippen LogP) is 2.56. The van der Waals surface area contributed by atoms with E-state index in [1.807, 2.05) is 22.6 Å². The van der Waals surface area contributed by atoms with E-state index in [9.17, 15) is 18.0 Å². The smallest absolute Gasteiger partial charge is 0.343 e. The third-order valence-corrected chi connectivity index (χ3v) is 4.30. The van der Waals surface area contributed by atoms with Crippen molar-refractivity contribution in [3.05, 3.63) is 63.2 Å². The number of ether oxygens (including phenoxy) is 2. The van der Waals surface area contributed by atoms with Gasteiger partial charge in [0.15, 0.2) is 0 Å². The Balaban J connectivity index is 2.16. The molecule has 132 valence electrons. The third kappa shape index (κ3) is 6.11. The summed E-state index contributed by atoms with van der Waals surface area (Å²) in [7, 11) is -4.24. The number of hydrogen-bond acceptors (Lipinski definition) is 6. The fourth-order valence-corrected chi connectivity index (χ4v) is 2.56. The Morgan fingerprint density at radius 3 is 2.36 bits per heavy atom. The highest BCUT2D eigenvalue weighted by molar-refractivity contribution is 14.1. The molecule has 0 saturated carbocycles. The number of halogens is 1. The first-order valence-electron chi connectivity index (χ1n) is 6.95. The van der Waals surface area contributed by atoms with Gasteiger partial charge < -0.3 is 9.47 Å². The van der Waals surface area contributed by atoms with Crippen LogP contribution in [0.5, 0.6) is 5.75 Å². The summed E-state index contributed by atoms with van der Waals surface area (Å²) in [4.78, 5) is 24.2. The molecular formula is C16H13IO7S. The van der Waals surface area contributed by atoms with E-state index >= 15 is 0 Å². The quantitative estimate of drug-likeness (QED) is 0.296. The minimum absolute atomic E-state index is 0.00221. The first-order chi connectivity index (χ1) is 11.8. The molecule has 9 heteroatoms. The van der Waals surface area contributed by atoms with Gasteiger partial charge in [0.25, 0.3) is 10.1 Å². The average Bonchev–Trinajstić information content (AvgIpc) is 2.54. The lowest BCUT2D eigenvalue weighted by atomic mass is 10.2. The van der Waals surface area contributed by atoms with Gasteiger partial charge >= 0.3 is 11.9 Å². The van der Waals surface area contributed by atoms with Crippen LogP contribution in [-0.2, 0) is 14.9 Å². The van der Waals surface area contributed by atoms with Gasteiger partial charge in [-0.1, -0.05) is 18.2 Å². The summed E-state index contributed by atoms with van der Waals surface area (Å²) in [5.74, 6) is -2.23. The van der Waals surface area contributed by atoms with Crippen molar-refractivity contribution in [2.75, 3.05) is 12.4 Å². The second kappa shape index (κ2) is 8.41. The Morgan fingerprint density at radius 1 is 1.04 bits per heavy atom. The predicted molar refractivity (Wildman–Crippen MR) is 97.3 cm³/mol. The van der Waals surface area contributed by atoms with Crippen molar-refractivity contribution in [1.82, 2.24) is 0 Å². The minimum atomic E-state index is -4.24. The Morgan fingerprint density at radius 2 is 1.72 bits per heavy atom. The van der Waals surface area contributed by atoms with E-state index in [0.717, 1.165) is 3.57 Å². The van der Waals surface area contributed by atoms with Crippen molar-refractivity contribution in [3.8, 4) is 5.75 Å². The second-order valence-electron chi connectivity index (χ2n) is 4.82. The molecule has 0 radical (unpaired) electrons. The van der Waals surface area contributed by atoms with E-state index < -0.39 is 34.4 Å². The zero-order valence-electron chi connectivity index (χ0n) is 12.7. The van der Waals surface area contributed by atoms with E-state index in [1.165, 1.54) is 12.1 Å². The largest absolute Gasteiger partial charge is 0.461 e. The number of esters is 2. The molecule has 0 unspecified atom stereocenters. The topological polar surface area (TPSA) is 107 Å². The van der Waals surface area contributed by atoms with Crippen LogP contribution in [-0.4, -0.2) is 37.3 Å². The van der Waals surface area contributed by atoms with Gasteiger partial charge in [0.2, 0.25) is 0 Å². The Kier molecular flexibility index (Phi) is 6.51. The van der Waals surface area contributed by atoms with Gasteiger partial charge in [0, 0.05) is 3.57 Å². The van der Waals surface area contributed by atoms with Gasteiger partial charge in [0.1, 0.15) is 23.7 Å². The molecule has 0 aromatic heterocycles. The molecule has 2 aromatic carbocycles. The second-order valence-corrected chi connectivity index (χ2v) is 7.64. The molecule has 0 saturated heterocycles. The standard InChI is InChI=1S/C16H13IO7S/c17-12-6-7-13(16(19)23-8-9-25(20,21)22)14(10-12)24-15(18)11-4-2-1-3-5-11/h1-7,10H,8-9H2,(H,20,21,22).